The van der Waals surface area contributed by atoms with E-state index in [1.54, 1.807) is 0 Å². The molecule has 0 bridgehead atoms. The Morgan fingerprint density at radius 2 is 2.22 bits per heavy atom. The molecule has 0 spiro atoms. The second-order valence-electron chi connectivity index (χ2n) is 5.29. The summed E-state index contributed by atoms with van der Waals surface area (Å²) < 4.78 is 32.2. The van der Waals surface area contributed by atoms with Gasteiger partial charge in [0.25, 0.3) is 5.91 Å². The number of halogens is 1. The van der Waals surface area contributed by atoms with Crippen molar-refractivity contribution in [2.45, 2.75) is 17.7 Å². The molecule has 130 valence electrons. The highest BCUT2D eigenvalue weighted by atomic mass is 35.5. The molecule has 0 aliphatic carbocycles. The molecule has 0 saturated carbocycles. The van der Waals surface area contributed by atoms with Gasteiger partial charge >= 0.3 is 0 Å². The highest BCUT2D eigenvalue weighted by Gasteiger charge is 2.21. The van der Waals surface area contributed by atoms with E-state index in [9.17, 15) is 13.2 Å². The summed E-state index contributed by atoms with van der Waals surface area (Å²) in [7, 11) is -2.29. The molecule has 0 aromatic heterocycles. The maximum Gasteiger partial charge on any atom is 0.252 e. The number of carbonyl (C=O) groups is 1. The molecule has 23 heavy (non-hydrogen) atoms. The molecule has 0 radical (unpaired) electrons. The standard InChI is InChI=1S/C14H21N3O4S.ClH/c1-21-13-5-4-11(7-12(13)14(15)18)22(19,20)17-9-10-3-2-6-16-8-10;/h4-5,7,10,16-17H,2-3,6,8-9H2,1H3,(H2,15,18);1H. The molecular formula is C14H22ClN3O4S. The molecule has 2 rings (SSSR count). The minimum Gasteiger partial charge on any atom is -0.496 e. The summed E-state index contributed by atoms with van der Waals surface area (Å²) in [5.41, 5.74) is 5.30. The van der Waals surface area contributed by atoms with E-state index in [0.29, 0.717) is 6.54 Å². The molecule has 1 saturated heterocycles. The summed E-state index contributed by atoms with van der Waals surface area (Å²) in [5, 5.41) is 3.24. The van der Waals surface area contributed by atoms with Crippen molar-refractivity contribution in [3.8, 4) is 5.75 Å². The Labute approximate surface area is 142 Å². The van der Waals surface area contributed by atoms with Crippen molar-refractivity contribution in [1.82, 2.24) is 10.0 Å². The van der Waals surface area contributed by atoms with E-state index in [1.807, 2.05) is 0 Å². The van der Waals surface area contributed by atoms with Crippen LogP contribution in [0, 0.1) is 5.92 Å². The fourth-order valence-corrected chi connectivity index (χ4v) is 3.60. The number of nitrogens with one attached hydrogen (secondary N) is 2. The molecule has 1 aliphatic heterocycles. The van der Waals surface area contributed by atoms with Gasteiger partial charge in [-0.2, -0.15) is 0 Å². The lowest BCUT2D eigenvalue weighted by molar-refractivity contribution is 0.0997. The summed E-state index contributed by atoms with van der Waals surface area (Å²) in [6, 6.07) is 4.06. The van der Waals surface area contributed by atoms with Crippen molar-refractivity contribution in [2.24, 2.45) is 11.7 Å². The minimum atomic E-state index is -3.68. The summed E-state index contributed by atoms with van der Waals surface area (Å²) in [6.07, 6.45) is 2.03. The summed E-state index contributed by atoms with van der Waals surface area (Å²) in [5.74, 6) is -0.203. The van der Waals surface area contributed by atoms with E-state index in [-0.39, 0.29) is 34.5 Å². The van der Waals surface area contributed by atoms with Gasteiger partial charge in [-0.05, 0) is 50.0 Å². The fraction of sp³-hybridized carbons (Fsp3) is 0.500. The van der Waals surface area contributed by atoms with Crippen LogP contribution in [-0.2, 0) is 10.0 Å². The van der Waals surface area contributed by atoms with Gasteiger partial charge in [0.1, 0.15) is 5.75 Å². The number of hydrogen-bond donors (Lipinski definition) is 3. The van der Waals surface area contributed by atoms with Crippen molar-refractivity contribution in [3.05, 3.63) is 23.8 Å². The SMILES string of the molecule is COc1ccc(S(=O)(=O)NCC2CCCNC2)cc1C(N)=O.Cl. The van der Waals surface area contributed by atoms with Crippen molar-refractivity contribution in [3.63, 3.8) is 0 Å². The molecule has 1 fully saturated rings. The third-order valence-corrected chi connectivity index (χ3v) is 5.13. The number of piperidine rings is 1. The first kappa shape index (κ1) is 19.7. The van der Waals surface area contributed by atoms with Crippen molar-refractivity contribution < 1.29 is 17.9 Å². The van der Waals surface area contributed by atoms with Crippen LogP contribution < -0.4 is 20.5 Å². The molecule has 1 aliphatic rings. The number of hydrogen-bond acceptors (Lipinski definition) is 5. The predicted molar refractivity (Wildman–Crippen MR) is 89.5 cm³/mol. The van der Waals surface area contributed by atoms with Gasteiger partial charge in [0.2, 0.25) is 10.0 Å². The lowest BCUT2D eigenvalue weighted by Crippen LogP contribution is -2.38. The van der Waals surface area contributed by atoms with Crippen LogP contribution in [0.2, 0.25) is 0 Å². The third-order valence-electron chi connectivity index (χ3n) is 3.71. The van der Waals surface area contributed by atoms with E-state index >= 15 is 0 Å². The molecule has 1 aromatic rings. The van der Waals surface area contributed by atoms with E-state index in [4.69, 9.17) is 10.5 Å². The Bertz CT molecular complexity index is 645. The third kappa shape index (κ3) is 5.07. The van der Waals surface area contributed by atoms with Crippen LogP contribution in [0.15, 0.2) is 23.1 Å². The zero-order chi connectivity index (χ0) is 16.2. The van der Waals surface area contributed by atoms with E-state index in [1.165, 1.54) is 25.3 Å². The maximum absolute atomic E-state index is 12.3. The Kier molecular flexibility index (Phi) is 7.27. The largest absolute Gasteiger partial charge is 0.496 e. The zero-order valence-electron chi connectivity index (χ0n) is 12.9. The average molecular weight is 364 g/mol. The van der Waals surface area contributed by atoms with Gasteiger partial charge < -0.3 is 15.8 Å². The van der Waals surface area contributed by atoms with Crippen LogP contribution in [0.4, 0.5) is 0 Å². The number of nitrogens with two attached hydrogens (primary N) is 1. The number of amides is 1. The van der Waals surface area contributed by atoms with Crippen LogP contribution in [-0.4, -0.2) is 41.1 Å². The van der Waals surface area contributed by atoms with Gasteiger partial charge in [-0.3, -0.25) is 4.79 Å². The van der Waals surface area contributed by atoms with Gasteiger partial charge in [0.05, 0.1) is 17.6 Å². The van der Waals surface area contributed by atoms with E-state index in [0.717, 1.165) is 25.9 Å². The second kappa shape index (κ2) is 8.49. The van der Waals surface area contributed by atoms with Gasteiger partial charge in [-0.15, -0.1) is 12.4 Å². The molecule has 1 heterocycles. The smallest absolute Gasteiger partial charge is 0.252 e. The Hall–Kier alpha value is -1.35. The number of primary amides is 1. The molecule has 7 nitrogen and oxygen atoms in total. The first-order valence-corrected chi connectivity index (χ1v) is 8.60. The molecular weight excluding hydrogens is 342 g/mol. The number of carbonyl (C=O) groups excluding carboxylic acids is 1. The molecule has 1 unspecified atom stereocenters. The second-order valence-corrected chi connectivity index (χ2v) is 7.06. The van der Waals surface area contributed by atoms with Crippen molar-refractivity contribution in [2.75, 3.05) is 26.7 Å². The van der Waals surface area contributed by atoms with Crippen LogP contribution in [0.5, 0.6) is 5.75 Å². The number of rotatable bonds is 6. The fourth-order valence-electron chi connectivity index (χ4n) is 2.46. The van der Waals surface area contributed by atoms with Crippen LogP contribution in [0.3, 0.4) is 0 Å². The topological polar surface area (TPSA) is 111 Å². The quantitative estimate of drug-likeness (QED) is 0.681. The van der Waals surface area contributed by atoms with Gasteiger partial charge in [-0.25, -0.2) is 13.1 Å². The van der Waals surface area contributed by atoms with Crippen LogP contribution in [0.25, 0.3) is 0 Å². The van der Waals surface area contributed by atoms with Crippen molar-refractivity contribution >= 4 is 28.3 Å². The monoisotopic (exact) mass is 363 g/mol. The summed E-state index contributed by atoms with van der Waals surface area (Å²) >= 11 is 0. The number of sulfonamides is 1. The number of methoxy groups -OCH3 is 1. The molecule has 1 amide bonds. The molecule has 1 atom stereocenters. The average Bonchev–Trinajstić information content (AvgIpc) is 2.53. The number of ether oxygens (including phenoxy) is 1. The maximum atomic E-state index is 12.3. The summed E-state index contributed by atoms with van der Waals surface area (Å²) in [4.78, 5) is 11.4. The van der Waals surface area contributed by atoms with Gasteiger partial charge in [0.15, 0.2) is 0 Å². The van der Waals surface area contributed by atoms with Gasteiger partial charge in [-0.1, -0.05) is 0 Å². The molecule has 4 N–H and O–H groups in total. The zero-order valence-corrected chi connectivity index (χ0v) is 14.5. The van der Waals surface area contributed by atoms with Crippen LogP contribution >= 0.6 is 12.4 Å². The summed E-state index contributed by atoms with van der Waals surface area (Å²) in [6.45, 7) is 2.15. The Balaban J connectivity index is 0.00000264. The Morgan fingerprint density at radius 1 is 1.48 bits per heavy atom. The van der Waals surface area contributed by atoms with E-state index < -0.39 is 15.9 Å². The first-order chi connectivity index (χ1) is 10.4. The molecule has 9 heteroatoms. The van der Waals surface area contributed by atoms with Crippen molar-refractivity contribution in [1.29, 1.82) is 0 Å². The lowest BCUT2D eigenvalue weighted by atomic mass is 10.0. The normalized spacial score (nSPS) is 18.0. The number of benzene rings is 1. The highest BCUT2D eigenvalue weighted by molar-refractivity contribution is 7.89. The predicted octanol–water partition coefficient (Wildman–Crippen LogP) is 0.494. The van der Waals surface area contributed by atoms with Gasteiger partial charge in [0, 0.05) is 6.54 Å². The molecule has 1 aromatic carbocycles. The minimum absolute atomic E-state index is 0. The lowest BCUT2D eigenvalue weighted by Gasteiger charge is -2.22. The Morgan fingerprint density at radius 3 is 2.78 bits per heavy atom. The highest BCUT2D eigenvalue weighted by Crippen LogP contribution is 2.22. The van der Waals surface area contributed by atoms with E-state index in [2.05, 4.69) is 10.0 Å². The first-order valence-electron chi connectivity index (χ1n) is 7.12. The van der Waals surface area contributed by atoms with Crippen LogP contribution in [0.1, 0.15) is 23.2 Å².